The second-order valence-corrected chi connectivity index (χ2v) is 6.57. The van der Waals surface area contributed by atoms with E-state index in [4.69, 9.17) is 4.74 Å². The van der Waals surface area contributed by atoms with Gasteiger partial charge in [0.1, 0.15) is 12.4 Å². The molecule has 2 N–H and O–H groups in total. The Labute approximate surface area is 153 Å². The first-order valence-corrected chi connectivity index (χ1v) is 8.93. The molecule has 7 nitrogen and oxygen atoms in total. The summed E-state index contributed by atoms with van der Waals surface area (Å²) in [6, 6.07) is 5.68. The van der Waals surface area contributed by atoms with Gasteiger partial charge in [-0.25, -0.2) is 0 Å². The van der Waals surface area contributed by atoms with Crippen molar-refractivity contribution >= 4 is 11.6 Å². The molecule has 1 amide bonds. The van der Waals surface area contributed by atoms with E-state index in [0.717, 1.165) is 40.5 Å². The highest BCUT2D eigenvalue weighted by atomic mass is 16.5. The number of amides is 1. The summed E-state index contributed by atoms with van der Waals surface area (Å²) in [5.74, 6) is 0.759. The molecule has 140 valence electrons. The highest BCUT2D eigenvalue weighted by molar-refractivity contribution is 5.93. The van der Waals surface area contributed by atoms with Crippen LogP contribution in [-0.2, 0) is 24.5 Å². The molecule has 0 aliphatic carbocycles. The van der Waals surface area contributed by atoms with E-state index in [0.29, 0.717) is 19.7 Å². The molecule has 0 spiro atoms. The van der Waals surface area contributed by atoms with Gasteiger partial charge >= 0.3 is 0 Å². The standard InChI is InChI=1S/C19H26N4O3/c1-4-23-14(3)19(13(2)21-23)20-18(25)11-22-7-8-26-17-6-5-15(12-24)9-16(17)10-22/h5-6,9,24H,4,7-8,10-12H2,1-3H3,(H,20,25). The number of carbonyl (C=O) groups excluding carboxylic acids is 1. The molecule has 2 aromatic rings. The number of anilines is 1. The van der Waals surface area contributed by atoms with Crippen molar-refractivity contribution in [2.24, 2.45) is 0 Å². The summed E-state index contributed by atoms with van der Waals surface area (Å²) >= 11 is 0. The van der Waals surface area contributed by atoms with E-state index < -0.39 is 0 Å². The molecule has 0 radical (unpaired) electrons. The van der Waals surface area contributed by atoms with Crippen LogP contribution in [0.3, 0.4) is 0 Å². The Kier molecular flexibility index (Phi) is 5.58. The first-order valence-electron chi connectivity index (χ1n) is 8.93. The highest BCUT2D eigenvalue weighted by Crippen LogP contribution is 2.25. The fourth-order valence-corrected chi connectivity index (χ4v) is 3.30. The number of hydrogen-bond acceptors (Lipinski definition) is 5. The normalized spacial score (nSPS) is 14.5. The number of hydrogen-bond donors (Lipinski definition) is 2. The first kappa shape index (κ1) is 18.4. The summed E-state index contributed by atoms with van der Waals surface area (Å²) in [4.78, 5) is 14.6. The number of nitrogens with zero attached hydrogens (tertiary/aromatic N) is 3. The minimum atomic E-state index is -0.0615. The topological polar surface area (TPSA) is 79.6 Å². The summed E-state index contributed by atoms with van der Waals surface area (Å²) in [6.45, 7) is 8.76. The predicted molar refractivity (Wildman–Crippen MR) is 99.1 cm³/mol. The van der Waals surface area contributed by atoms with E-state index >= 15 is 0 Å². The zero-order valence-electron chi connectivity index (χ0n) is 15.6. The Hall–Kier alpha value is -2.38. The van der Waals surface area contributed by atoms with Gasteiger partial charge in [-0.3, -0.25) is 14.4 Å². The molecule has 3 rings (SSSR count). The number of benzene rings is 1. The van der Waals surface area contributed by atoms with Crippen molar-refractivity contribution < 1.29 is 14.6 Å². The van der Waals surface area contributed by atoms with Crippen LogP contribution in [0.1, 0.15) is 29.4 Å². The number of carbonyl (C=O) groups is 1. The molecule has 0 bridgehead atoms. The van der Waals surface area contributed by atoms with Crippen LogP contribution >= 0.6 is 0 Å². The van der Waals surface area contributed by atoms with Gasteiger partial charge in [-0.2, -0.15) is 5.10 Å². The van der Waals surface area contributed by atoms with Crippen molar-refractivity contribution in [1.82, 2.24) is 14.7 Å². The Morgan fingerprint density at radius 2 is 2.19 bits per heavy atom. The number of ether oxygens (including phenoxy) is 1. The maximum absolute atomic E-state index is 12.6. The minimum Gasteiger partial charge on any atom is -0.492 e. The van der Waals surface area contributed by atoms with Gasteiger partial charge in [0.25, 0.3) is 0 Å². The van der Waals surface area contributed by atoms with Crippen molar-refractivity contribution in [2.45, 2.75) is 40.5 Å². The van der Waals surface area contributed by atoms with Gasteiger partial charge in [0.15, 0.2) is 0 Å². The van der Waals surface area contributed by atoms with Crippen molar-refractivity contribution in [2.75, 3.05) is 25.0 Å². The lowest BCUT2D eigenvalue weighted by Crippen LogP contribution is -2.34. The van der Waals surface area contributed by atoms with Crippen LogP contribution in [0.25, 0.3) is 0 Å². The Morgan fingerprint density at radius 1 is 1.38 bits per heavy atom. The Balaban J connectivity index is 1.68. The molecule has 1 aromatic heterocycles. The monoisotopic (exact) mass is 358 g/mol. The van der Waals surface area contributed by atoms with Crippen molar-refractivity contribution in [1.29, 1.82) is 0 Å². The van der Waals surface area contributed by atoms with E-state index in [-0.39, 0.29) is 19.1 Å². The molecule has 1 aliphatic rings. The van der Waals surface area contributed by atoms with Crippen LogP contribution in [-0.4, -0.2) is 45.4 Å². The number of aromatic nitrogens is 2. The average Bonchev–Trinajstić information content (AvgIpc) is 2.79. The van der Waals surface area contributed by atoms with Crippen LogP contribution in [0, 0.1) is 13.8 Å². The smallest absolute Gasteiger partial charge is 0.238 e. The van der Waals surface area contributed by atoms with Crippen molar-refractivity contribution in [3.05, 3.63) is 40.7 Å². The molecule has 2 heterocycles. The Morgan fingerprint density at radius 3 is 2.88 bits per heavy atom. The molecular weight excluding hydrogens is 332 g/mol. The molecule has 7 heteroatoms. The van der Waals surface area contributed by atoms with E-state index in [9.17, 15) is 9.90 Å². The summed E-state index contributed by atoms with van der Waals surface area (Å²) in [6.07, 6.45) is 0. The fraction of sp³-hybridized carbons (Fsp3) is 0.474. The number of fused-ring (bicyclic) bond motifs is 1. The van der Waals surface area contributed by atoms with Gasteiger partial charge in [0.05, 0.1) is 30.2 Å². The molecule has 0 saturated carbocycles. The quantitative estimate of drug-likeness (QED) is 0.853. The summed E-state index contributed by atoms with van der Waals surface area (Å²) in [7, 11) is 0. The van der Waals surface area contributed by atoms with E-state index in [1.54, 1.807) is 0 Å². The van der Waals surface area contributed by atoms with E-state index in [1.807, 2.05) is 43.7 Å². The highest BCUT2D eigenvalue weighted by Gasteiger charge is 2.20. The lowest BCUT2D eigenvalue weighted by molar-refractivity contribution is -0.117. The third kappa shape index (κ3) is 3.89. The Bertz CT molecular complexity index is 800. The lowest BCUT2D eigenvalue weighted by Gasteiger charge is -2.19. The summed E-state index contributed by atoms with van der Waals surface area (Å²) < 4.78 is 7.65. The second kappa shape index (κ2) is 7.88. The summed E-state index contributed by atoms with van der Waals surface area (Å²) in [5, 5.41) is 16.8. The number of nitrogens with one attached hydrogen (secondary N) is 1. The molecule has 26 heavy (non-hydrogen) atoms. The second-order valence-electron chi connectivity index (χ2n) is 6.57. The fourth-order valence-electron chi connectivity index (χ4n) is 3.30. The molecule has 1 aliphatic heterocycles. The van der Waals surface area contributed by atoms with Crippen LogP contribution in [0.4, 0.5) is 5.69 Å². The molecule has 0 atom stereocenters. The number of aryl methyl sites for hydroxylation is 2. The van der Waals surface area contributed by atoms with Gasteiger partial charge in [-0.05, 0) is 38.5 Å². The maximum Gasteiger partial charge on any atom is 0.238 e. The molecule has 0 saturated heterocycles. The van der Waals surface area contributed by atoms with Crippen molar-refractivity contribution in [3.63, 3.8) is 0 Å². The summed E-state index contributed by atoms with van der Waals surface area (Å²) in [5.41, 5.74) is 4.43. The third-order valence-corrected chi connectivity index (χ3v) is 4.68. The number of aliphatic hydroxyl groups excluding tert-OH is 1. The minimum absolute atomic E-state index is 0.00621. The molecule has 1 aromatic carbocycles. The zero-order valence-corrected chi connectivity index (χ0v) is 15.6. The molecule has 0 fully saturated rings. The number of rotatable bonds is 5. The van der Waals surface area contributed by atoms with E-state index in [1.165, 1.54) is 0 Å². The molecule has 0 unspecified atom stereocenters. The predicted octanol–water partition coefficient (Wildman–Crippen LogP) is 1.85. The van der Waals surface area contributed by atoms with Gasteiger partial charge in [-0.1, -0.05) is 6.07 Å². The van der Waals surface area contributed by atoms with Crippen LogP contribution < -0.4 is 10.1 Å². The first-order chi connectivity index (χ1) is 12.5. The van der Waals surface area contributed by atoms with Gasteiger partial charge in [0.2, 0.25) is 5.91 Å². The van der Waals surface area contributed by atoms with Gasteiger partial charge in [-0.15, -0.1) is 0 Å². The average molecular weight is 358 g/mol. The van der Waals surface area contributed by atoms with Gasteiger partial charge in [0, 0.05) is 25.2 Å². The van der Waals surface area contributed by atoms with Crippen LogP contribution in [0.2, 0.25) is 0 Å². The van der Waals surface area contributed by atoms with Crippen molar-refractivity contribution in [3.8, 4) is 5.75 Å². The van der Waals surface area contributed by atoms with Crippen LogP contribution in [0.15, 0.2) is 18.2 Å². The SMILES string of the molecule is CCn1nc(C)c(NC(=O)CN2CCOc3ccc(CO)cc3C2)c1C. The van der Waals surface area contributed by atoms with E-state index in [2.05, 4.69) is 15.3 Å². The lowest BCUT2D eigenvalue weighted by atomic mass is 10.1. The largest absolute Gasteiger partial charge is 0.492 e. The van der Waals surface area contributed by atoms with Gasteiger partial charge < -0.3 is 15.2 Å². The zero-order chi connectivity index (χ0) is 18.7. The molecular formula is C19H26N4O3. The number of aliphatic hydroxyl groups is 1. The third-order valence-electron chi connectivity index (χ3n) is 4.68. The van der Waals surface area contributed by atoms with Crippen LogP contribution in [0.5, 0.6) is 5.75 Å². The maximum atomic E-state index is 12.6.